The molecule has 6 heteroatoms. The molecular weight excluding hydrogens is 274 g/mol. The van der Waals surface area contributed by atoms with Crippen molar-refractivity contribution in [3.63, 3.8) is 0 Å². The number of amides is 2. The summed E-state index contributed by atoms with van der Waals surface area (Å²) in [7, 11) is 0. The number of nitrogens with two attached hydrogens (primary N) is 1. The lowest BCUT2D eigenvalue weighted by Crippen LogP contribution is -2.45. The van der Waals surface area contributed by atoms with E-state index in [4.69, 9.17) is 5.84 Å². The zero-order valence-corrected chi connectivity index (χ0v) is 12.8. The molecular formula is C14H25N3O2S. The van der Waals surface area contributed by atoms with Gasteiger partial charge in [0.05, 0.1) is 5.75 Å². The molecule has 0 bridgehead atoms. The highest BCUT2D eigenvalue weighted by molar-refractivity contribution is 7.99. The van der Waals surface area contributed by atoms with Gasteiger partial charge in [-0.15, -0.1) is 0 Å². The second kappa shape index (κ2) is 7.88. The van der Waals surface area contributed by atoms with Gasteiger partial charge in [-0.05, 0) is 37.4 Å². The Bertz CT molecular complexity index is 337. The molecule has 1 aliphatic heterocycles. The number of hydrazine groups is 1. The fourth-order valence-electron chi connectivity index (χ4n) is 3.09. The Balaban J connectivity index is 1.62. The smallest absolute Gasteiger partial charge is 0.237 e. The van der Waals surface area contributed by atoms with Crippen molar-refractivity contribution in [2.24, 2.45) is 17.7 Å². The summed E-state index contributed by atoms with van der Waals surface area (Å²) < 4.78 is 0. The number of carbonyl (C=O) groups is 2. The molecule has 1 heterocycles. The first kappa shape index (κ1) is 15.6. The minimum absolute atomic E-state index is 0.0322. The standard InChI is InChI=1S/C14H25N3O2S/c15-16-14(19)12-5-7-17(8-6-12)13(18)10-20-9-11-3-1-2-4-11/h11-12H,1-10,15H2,(H,16,19). The minimum Gasteiger partial charge on any atom is -0.342 e. The van der Waals surface area contributed by atoms with E-state index in [2.05, 4.69) is 5.43 Å². The van der Waals surface area contributed by atoms with Crippen LogP contribution in [0.15, 0.2) is 0 Å². The van der Waals surface area contributed by atoms with Gasteiger partial charge in [0.1, 0.15) is 0 Å². The van der Waals surface area contributed by atoms with Crippen LogP contribution in [0.4, 0.5) is 0 Å². The first-order chi connectivity index (χ1) is 9.70. The van der Waals surface area contributed by atoms with Crippen molar-refractivity contribution in [2.45, 2.75) is 38.5 Å². The SMILES string of the molecule is NNC(=O)C1CCN(C(=O)CSCC2CCCC2)CC1. The van der Waals surface area contributed by atoms with Crippen LogP contribution >= 0.6 is 11.8 Å². The molecule has 1 aliphatic carbocycles. The highest BCUT2D eigenvalue weighted by Gasteiger charge is 2.26. The summed E-state index contributed by atoms with van der Waals surface area (Å²) in [6.45, 7) is 1.36. The number of hydrogen-bond donors (Lipinski definition) is 2. The third-order valence-electron chi connectivity index (χ3n) is 4.41. The van der Waals surface area contributed by atoms with Crippen LogP contribution in [0.25, 0.3) is 0 Å². The van der Waals surface area contributed by atoms with Crippen LogP contribution in [-0.2, 0) is 9.59 Å². The van der Waals surface area contributed by atoms with Gasteiger partial charge in [-0.1, -0.05) is 12.8 Å². The Labute approximate surface area is 125 Å². The number of rotatable bonds is 5. The highest BCUT2D eigenvalue weighted by atomic mass is 32.2. The molecule has 20 heavy (non-hydrogen) atoms. The first-order valence-electron chi connectivity index (χ1n) is 7.56. The Morgan fingerprint density at radius 3 is 2.40 bits per heavy atom. The van der Waals surface area contributed by atoms with E-state index in [1.165, 1.54) is 25.7 Å². The van der Waals surface area contributed by atoms with Crippen LogP contribution in [0.3, 0.4) is 0 Å². The predicted molar refractivity (Wildman–Crippen MR) is 80.9 cm³/mol. The number of carbonyl (C=O) groups excluding carboxylic acids is 2. The maximum atomic E-state index is 12.1. The summed E-state index contributed by atoms with van der Waals surface area (Å²) in [4.78, 5) is 25.4. The van der Waals surface area contributed by atoms with Crippen LogP contribution in [0.2, 0.25) is 0 Å². The third kappa shape index (κ3) is 4.38. The van der Waals surface area contributed by atoms with Crippen molar-refractivity contribution >= 4 is 23.6 Å². The van der Waals surface area contributed by atoms with Gasteiger partial charge in [0, 0.05) is 19.0 Å². The molecule has 114 valence electrons. The van der Waals surface area contributed by atoms with Gasteiger partial charge < -0.3 is 4.90 Å². The molecule has 0 aromatic rings. The Morgan fingerprint density at radius 1 is 1.15 bits per heavy atom. The van der Waals surface area contributed by atoms with Crippen molar-refractivity contribution in [3.05, 3.63) is 0 Å². The largest absolute Gasteiger partial charge is 0.342 e. The maximum Gasteiger partial charge on any atom is 0.237 e. The molecule has 0 aromatic carbocycles. The van der Waals surface area contributed by atoms with Gasteiger partial charge in [-0.2, -0.15) is 11.8 Å². The summed E-state index contributed by atoms with van der Waals surface area (Å²) in [6, 6.07) is 0. The molecule has 1 saturated carbocycles. The molecule has 0 radical (unpaired) electrons. The van der Waals surface area contributed by atoms with Gasteiger partial charge in [-0.25, -0.2) is 5.84 Å². The van der Waals surface area contributed by atoms with Crippen LogP contribution in [-0.4, -0.2) is 41.3 Å². The second-order valence-corrected chi connectivity index (χ2v) is 6.86. The van der Waals surface area contributed by atoms with Gasteiger partial charge in [0.15, 0.2) is 0 Å². The molecule has 0 aromatic heterocycles. The molecule has 2 amide bonds. The van der Waals surface area contributed by atoms with E-state index in [0.717, 1.165) is 24.5 Å². The van der Waals surface area contributed by atoms with E-state index in [1.807, 2.05) is 4.90 Å². The predicted octanol–water partition coefficient (Wildman–Crippen LogP) is 1.14. The lowest BCUT2D eigenvalue weighted by atomic mass is 9.96. The van der Waals surface area contributed by atoms with E-state index in [-0.39, 0.29) is 17.7 Å². The molecule has 0 spiro atoms. The Hall–Kier alpha value is -0.750. The van der Waals surface area contributed by atoms with Gasteiger partial charge in [0.25, 0.3) is 0 Å². The van der Waals surface area contributed by atoms with E-state index >= 15 is 0 Å². The van der Waals surface area contributed by atoms with Crippen LogP contribution in [0.1, 0.15) is 38.5 Å². The fraction of sp³-hybridized carbons (Fsp3) is 0.857. The maximum absolute atomic E-state index is 12.1. The number of nitrogens with one attached hydrogen (secondary N) is 1. The van der Waals surface area contributed by atoms with E-state index in [9.17, 15) is 9.59 Å². The van der Waals surface area contributed by atoms with E-state index in [0.29, 0.717) is 18.8 Å². The molecule has 3 N–H and O–H groups in total. The Kier molecular flexibility index (Phi) is 6.16. The zero-order valence-electron chi connectivity index (χ0n) is 12.0. The fourth-order valence-corrected chi connectivity index (χ4v) is 4.23. The van der Waals surface area contributed by atoms with Crippen molar-refractivity contribution in [1.82, 2.24) is 10.3 Å². The topological polar surface area (TPSA) is 75.4 Å². The van der Waals surface area contributed by atoms with E-state index in [1.54, 1.807) is 11.8 Å². The zero-order chi connectivity index (χ0) is 14.4. The molecule has 1 saturated heterocycles. The summed E-state index contributed by atoms with van der Waals surface area (Å²) in [6.07, 6.45) is 6.83. The van der Waals surface area contributed by atoms with Crippen molar-refractivity contribution in [1.29, 1.82) is 0 Å². The van der Waals surface area contributed by atoms with Gasteiger partial charge in [0.2, 0.25) is 11.8 Å². The number of hydrogen-bond acceptors (Lipinski definition) is 4. The number of likely N-dealkylation sites (tertiary alicyclic amines) is 1. The molecule has 2 aliphatic rings. The average Bonchev–Trinajstić information content (AvgIpc) is 2.99. The van der Waals surface area contributed by atoms with Crippen molar-refractivity contribution in [3.8, 4) is 0 Å². The highest BCUT2D eigenvalue weighted by Crippen LogP contribution is 2.28. The molecule has 0 unspecified atom stereocenters. The first-order valence-corrected chi connectivity index (χ1v) is 8.72. The second-order valence-electron chi connectivity index (χ2n) is 5.83. The average molecular weight is 299 g/mol. The van der Waals surface area contributed by atoms with Crippen LogP contribution < -0.4 is 11.3 Å². The third-order valence-corrected chi connectivity index (χ3v) is 5.57. The summed E-state index contributed by atoms with van der Waals surface area (Å²) in [5.74, 6) is 7.76. The van der Waals surface area contributed by atoms with Crippen molar-refractivity contribution in [2.75, 3.05) is 24.6 Å². The summed E-state index contributed by atoms with van der Waals surface area (Å²) >= 11 is 1.77. The Morgan fingerprint density at radius 2 is 1.80 bits per heavy atom. The van der Waals surface area contributed by atoms with Gasteiger partial charge in [-0.3, -0.25) is 15.0 Å². The molecule has 2 rings (SSSR count). The number of nitrogens with zero attached hydrogens (tertiary/aromatic N) is 1. The van der Waals surface area contributed by atoms with Gasteiger partial charge >= 0.3 is 0 Å². The lowest BCUT2D eigenvalue weighted by Gasteiger charge is -2.31. The minimum atomic E-state index is -0.104. The summed E-state index contributed by atoms with van der Waals surface area (Å²) in [5.41, 5.74) is 2.20. The number of thioether (sulfide) groups is 1. The molecule has 5 nitrogen and oxygen atoms in total. The quantitative estimate of drug-likeness (QED) is 0.453. The number of piperidine rings is 1. The molecule has 2 fully saturated rings. The van der Waals surface area contributed by atoms with Crippen molar-refractivity contribution < 1.29 is 9.59 Å². The van der Waals surface area contributed by atoms with Crippen LogP contribution in [0, 0.1) is 11.8 Å². The lowest BCUT2D eigenvalue weighted by molar-refractivity contribution is -0.133. The normalized spacial score (nSPS) is 21.1. The summed E-state index contributed by atoms with van der Waals surface area (Å²) in [5, 5.41) is 0. The molecule has 0 atom stereocenters. The monoisotopic (exact) mass is 299 g/mol. The van der Waals surface area contributed by atoms with Crippen LogP contribution in [0.5, 0.6) is 0 Å². The van der Waals surface area contributed by atoms with E-state index < -0.39 is 0 Å².